The second-order valence-electron chi connectivity index (χ2n) is 4.47. The number of ether oxygens (including phenoxy) is 1. The molecule has 110 valence electrons. The number of carbonyl (C=O) groups is 2. The van der Waals surface area contributed by atoms with E-state index in [0.717, 1.165) is 31.2 Å². The normalized spacial score (nSPS) is 10.1. The number of rotatable bonds is 7. The summed E-state index contributed by atoms with van der Waals surface area (Å²) in [5.74, 6) is -1.58. The van der Waals surface area contributed by atoms with Crippen LogP contribution in [-0.4, -0.2) is 18.5 Å². The molecule has 1 amide bonds. The summed E-state index contributed by atoms with van der Waals surface area (Å²) in [5, 5.41) is 3.05. The van der Waals surface area contributed by atoms with Crippen molar-refractivity contribution in [2.45, 2.75) is 39.2 Å². The standard InChI is InChI=1S/C15H20ClNO3/c1-2-3-4-7-10-20-15(19)14(18)17-11-12-8-5-6-9-13(12)16/h5-6,8-9H,2-4,7,10-11H2,1H3,(H,17,18). The highest BCUT2D eigenvalue weighted by Gasteiger charge is 2.14. The predicted octanol–water partition coefficient (Wildman–Crippen LogP) is 3.08. The molecular weight excluding hydrogens is 278 g/mol. The summed E-state index contributed by atoms with van der Waals surface area (Å²) >= 11 is 5.95. The van der Waals surface area contributed by atoms with Crippen LogP contribution in [-0.2, 0) is 20.9 Å². The third-order valence-corrected chi connectivity index (χ3v) is 3.18. The van der Waals surface area contributed by atoms with E-state index in [-0.39, 0.29) is 6.54 Å². The zero-order valence-electron chi connectivity index (χ0n) is 11.7. The lowest BCUT2D eigenvalue weighted by Gasteiger charge is -2.07. The highest BCUT2D eigenvalue weighted by molar-refractivity contribution is 6.33. The summed E-state index contributed by atoms with van der Waals surface area (Å²) in [6.07, 6.45) is 4.02. The molecule has 0 aromatic heterocycles. The minimum Gasteiger partial charge on any atom is -0.459 e. The van der Waals surface area contributed by atoms with Gasteiger partial charge >= 0.3 is 11.9 Å². The monoisotopic (exact) mass is 297 g/mol. The van der Waals surface area contributed by atoms with Crippen molar-refractivity contribution in [1.29, 1.82) is 0 Å². The molecule has 0 heterocycles. The molecule has 0 unspecified atom stereocenters. The Hall–Kier alpha value is -1.55. The van der Waals surface area contributed by atoms with Gasteiger partial charge in [0.1, 0.15) is 0 Å². The number of carbonyl (C=O) groups excluding carboxylic acids is 2. The van der Waals surface area contributed by atoms with Crippen molar-refractivity contribution in [2.75, 3.05) is 6.61 Å². The topological polar surface area (TPSA) is 55.4 Å². The van der Waals surface area contributed by atoms with Gasteiger partial charge in [0, 0.05) is 11.6 Å². The lowest BCUT2D eigenvalue weighted by atomic mass is 10.2. The summed E-state index contributed by atoms with van der Waals surface area (Å²) in [7, 11) is 0. The molecule has 0 bridgehead atoms. The van der Waals surface area contributed by atoms with Gasteiger partial charge in [-0.15, -0.1) is 0 Å². The van der Waals surface area contributed by atoms with Gasteiger partial charge in [0.15, 0.2) is 0 Å². The molecular formula is C15H20ClNO3. The lowest BCUT2D eigenvalue weighted by Crippen LogP contribution is -2.32. The first kappa shape index (κ1) is 16.5. The van der Waals surface area contributed by atoms with E-state index in [9.17, 15) is 9.59 Å². The third-order valence-electron chi connectivity index (χ3n) is 2.81. The largest absolute Gasteiger partial charge is 0.459 e. The van der Waals surface area contributed by atoms with Crippen molar-refractivity contribution in [1.82, 2.24) is 5.32 Å². The van der Waals surface area contributed by atoms with Crippen molar-refractivity contribution in [3.8, 4) is 0 Å². The van der Waals surface area contributed by atoms with Crippen LogP contribution in [0.15, 0.2) is 24.3 Å². The fraction of sp³-hybridized carbons (Fsp3) is 0.467. The number of hydrogen-bond donors (Lipinski definition) is 1. The van der Waals surface area contributed by atoms with Crippen LogP contribution in [0.2, 0.25) is 5.02 Å². The Kier molecular flexibility index (Phi) is 7.73. The van der Waals surface area contributed by atoms with E-state index in [4.69, 9.17) is 16.3 Å². The van der Waals surface area contributed by atoms with Crippen molar-refractivity contribution >= 4 is 23.5 Å². The summed E-state index contributed by atoms with van der Waals surface area (Å²) in [5.41, 5.74) is 0.762. The average molecular weight is 298 g/mol. The van der Waals surface area contributed by atoms with E-state index >= 15 is 0 Å². The third kappa shape index (κ3) is 6.06. The van der Waals surface area contributed by atoms with Gasteiger partial charge in [-0.25, -0.2) is 4.79 Å². The fourth-order valence-electron chi connectivity index (χ4n) is 1.65. The van der Waals surface area contributed by atoms with Crippen LogP contribution in [0.1, 0.15) is 38.2 Å². The first-order valence-electron chi connectivity index (χ1n) is 6.83. The van der Waals surface area contributed by atoms with Crippen LogP contribution in [0, 0.1) is 0 Å². The molecule has 0 aliphatic rings. The van der Waals surface area contributed by atoms with E-state index in [2.05, 4.69) is 12.2 Å². The molecule has 5 heteroatoms. The molecule has 0 fully saturated rings. The van der Waals surface area contributed by atoms with Gasteiger partial charge in [0.2, 0.25) is 0 Å². The van der Waals surface area contributed by atoms with Crippen LogP contribution in [0.3, 0.4) is 0 Å². The number of hydrogen-bond acceptors (Lipinski definition) is 3. The number of unbranched alkanes of at least 4 members (excludes halogenated alkanes) is 3. The Morgan fingerprint density at radius 1 is 1.20 bits per heavy atom. The highest BCUT2D eigenvalue weighted by Crippen LogP contribution is 2.14. The van der Waals surface area contributed by atoms with Gasteiger partial charge in [0.05, 0.1) is 6.61 Å². The van der Waals surface area contributed by atoms with E-state index < -0.39 is 11.9 Å². The molecule has 0 aliphatic carbocycles. The zero-order valence-corrected chi connectivity index (χ0v) is 12.4. The Bertz CT molecular complexity index is 448. The highest BCUT2D eigenvalue weighted by atomic mass is 35.5. The maximum absolute atomic E-state index is 11.5. The number of benzene rings is 1. The van der Waals surface area contributed by atoms with E-state index in [1.54, 1.807) is 18.2 Å². The summed E-state index contributed by atoms with van der Waals surface area (Å²) < 4.78 is 4.89. The van der Waals surface area contributed by atoms with E-state index in [1.165, 1.54) is 0 Å². The maximum Gasteiger partial charge on any atom is 0.396 e. The Labute approximate surface area is 124 Å². The first-order valence-corrected chi connectivity index (χ1v) is 7.21. The van der Waals surface area contributed by atoms with Crippen molar-refractivity contribution in [2.24, 2.45) is 0 Å². The summed E-state index contributed by atoms with van der Waals surface area (Å²) in [4.78, 5) is 22.9. The smallest absolute Gasteiger partial charge is 0.396 e. The van der Waals surface area contributed by atoms with Crippen molar-refractivity contribution < 1.29 is 14.3 Å². The SMILES string of the molecule is CCCCCCOC(=O)C(=O)NCc1ccccc1Cl. The second kappa shape index (κ2) is 9.37. The molecule has 1 aromatic carbocycles. The van der Waals surface area contributed by atoms with Gasteiger partial charge < -0.3 is 10.1 Å². The molecule has 0 saturated heterocycles. The van der Waals surface area contributed by atoms with Crippen LogP contribution in [0.4, 0.5) is 0 Å². The van der Waals surface area contributed by atoms with Crippen molar-refractivity contribution in [3.05, 3.63) is 34.9 Å². The van der Waals surface area contributed by atoms with Gasteiger partial charge in [-0.05, 0) is 18.1 Å². The number of esters is 1. The molecule has 0 radical (unpaired) electrons. The van der Waals surface area contributed by atoms with E-state index in [0.29, 0.717) is 11.6 Å². The molecule has 20 heavy (non-hydrogen) atoms. The number of amides is 1. The molecule has 0 atom stereocenters. The molecule has 0 spiro atoms. The molecule has 0 aliphatic heterocycles. The van der Waals surface area contributed by atoms with Crippen molar-refractivity contribution in [3.63, 3.8) is 0 Å². The van der Waals surface area contributed by atoms with Gasteiger partial charge in [-0.3, -0.25) is 4.79 Å². The minimum absolute atomic E-state index is 0.212. The number of nitrogens with one attached hydrogen (secondary N) is 1. The van der Waals surface area contributed by atoms with Gasteiger partial charge in [0.25, 0.3) is 0 Å². The zero-order chi connectivity index (χ0) is 14.8. The maximum atomic E-state index is 11.5. The second-order valence-corrected chi connectivity index (χ2v) is 4.88. The molecule has 1 aromatic rings. The molecule has 1 rings (SSSR count). The molecule has 0 saturated carbocycles. The predicted molar refractivity (Wildman–Crippen MR) is 78.4 cm³/mol. The first-order chi connectivity index (χ1) is 9.65. The van der Waals surface area contributed by atoms with E-state index in [1.807, 2.05) is 6.07 Å². The Morgan fingerprint density at radius 3 is 2.65 bits per heavy atom. The fourth-order valence-corrected chi connectivity index (χ4v) is 1.85. The average Bonchev–Trinajstić information content (AvgIpc) is 2.45. The van der Waals surface area contributed by atoms with Crippen LogP contribution >= 0.6 is 11.6 Å². The Balaban J connectivity index is 2.25. The van der Waals surface area contributed by atoms with Crippen LogP contribution in [0.25, 0.3) is 0 Å². The summed E-state index contributed by atoms with van der Waals surface area (Å²) in [6, 6.07) is 7.14. The van der Waals surface area contributed by atoms with Gasteiger partial charge in [-0.1, -0.05) is 56.0 Å². The lowest BCUT2D eigenvalue weighted by molar-refractivity contribution is -0.155. The Morgan fingerprint density at radius 2 is 1.95 bits per heavy atom. The van der Waals surface area contributed by atoms with Gasteiger partial charge in [-0.2, -0.15) is 0 Å². The molecule has 4 nitrogen and oxygen atoms in total. The van der Waals surface area contributed by atoms with Crippen LogP contribution < -0.4 is 5.32 Å². The molecule has 1 N–H and O–H groups in total. The number of halogens is 1. The van der Waals surface area contributed by atoms with Crippen LogP contribution in [0.5, 0.6) is 0 Å². The quantitative estimate of drug-likeness (QED) is 0.478. The summed E-state index contributed by atoms with van der Waals surface area (Å²) in [6.45, 7) is 2.61. The minimum atomic E-state index is -0.839.